The van der Waals surface area contributed by atoms with E-state index < -0.39 is 5.92 Å². The van der Waals surface area contributed by atoms with Gasteiger partial charge < -0.3 is 0 Å². The van der Waals surface area contributed by atoms with Gasteiger partial charge in [0.05, 0.1) is 0 Å². The van der Waals surface area contributed by atoms with Crippen molar-refractivity contribution in [2.24, 2.45) is 5.92 Å². The topological polar surface area (TPSA) is 34.1 Å². The minimum Gasteiger partial charge on any atom is -0.293 e. The molecule has 0 aliphatic heterocycles. The van der Waals surface area contributed by atoms with E-state index in [-0.39, 0.29) is 10.9 Å². The molecule has 1 aromatic carbocycles. The number of hydrogen-bond donors (Lipinski definition) is 0. The first-order valence-electron chi connectivity index (χ1n) is 4.73. The summed E-state index contributed by atoms with van der Waals surface area (Å²) < 4.78 is 0. The van der Waals surface area contributed by atoms with Crippen LogP contribution in [0.25, 0.3) is 0 Å². The summed E-state index contributed by atoms with van der Waals surface area (Å²) in [7, 11) is 0. The minimum atomic E-state index is -0.783. The van der Waals surface area contributed by atoms with Gasteiger partial charge in [-0.1, -0.05) is 48.7 Å². The van der Waals surface area contributed by atoms with Gasteiger partial charge >= 0.3 is 0 Å². The zero-order valence-corrected chi connectivity index (χ0v) is 9.79. The smallest absolute Gasteiger partial charge is 0.203 e. The average molecular weight is 232 g/mol. The number of allylic oxidation sites excluding steroid dienone is 1. The van der Waals surface area contributed by atoms with Crippen LogP contribution < -0.4 is 0 Å². The van der Waals surface area contributed by atoms with Gasteiger partial charge in [-0.3, -0.25) is 9.59 Å². The largest absolute Gasteiger partial charge is 0.293 e. The van der Waals surface area contributed by atoms with E-state index in [1.807, 2.05) is 6.07 Å². The highest BCUT2D eigenvalue weighted by Crippen LogP contribution is 2.16. The molecule has 16 heavy (non-hydrogen) atoms. The van der Waals surface area contributed by atoms with Gasteiger partial charge in [0.15, 0.2) is 5.78 Å². The molecule has 1 unspecified atom stereocenters. The average Bonchev–Trinajstić information content (AvgIpc) is 2.35. The fourth-order valence-corrected chi connectivity index (χ4v) is 1.71. The number of benzene rings is 1. The third-order valence-corrected chi connectivity index (χ3v) is 2.74. The van der Waals surface area contributed by atoms with Crippen LogP contribution in [0.3, 0.4) is 0 Å². The molecular weight excluding hydrogens is 220 g/mol. The maximum atomic E-state index is 12.0. The molecule has 2 nitrogen and oxygen atoms in total. The number of hydrogen-bond acceptors (Lipinski definition) is 3. The summed E-state index contributed by atoms with van der Waals surface area (Å²) in [5.41, 5.74) is 3.03. The van der Waals surface area contributed by atoms with Crippen molar-refractivity contribution in [2.45, 2.75) is 0 Å². The van der Waals surface area contributed by atoms with Crippen LogP contribution in [0, 0.1) is 5.92 Å². The SMILES string of the molecule is C=C=CC(C(=O)SC)C(=O)c1ccccc1. The third-order valence-electron chi connectivity index (χ3n) is 2.08. The quantitative estimate of drug-likeness (QED) is 0.455. The standard InChI is InChI=1S/C13H12O2S/c1-3-7-11(13(15)16-2)12(14)10-8-5-4-6-9-10/h4-9,11H,1H2,2H3. The summed E-state index contributed by atoms with van der Waals surface area (Å²) in [5, 5.41) is -0.190. The van der Waals surface area contributed by atoms with E-state index >= 15 is 0 Å². The Morgan fingerprint density at radius 2 is 2.00 bits per heavy atom. The molecule has 0 heterocycles. The van der Waals surface area contributed by atoms with Gasteiger partial charge in [-0.15, -0.1) is 5.73 Å². The highest BCUT2D eigenvalue weighted by Gasteiger charge is 2.24. The van der Waals surface area contributed by atoms with Crippen molar-refractivity contribution < 1.29 is 9.59 Å². The molecule has 0 saturated carbocycles. The van der Waals surface area contributed by atoms with Crippen LogP contribution in [0.4, 0.5) is 0 Å². The molecule has 1 atom stereocenters. The highest BCUT2D eigenvalue weighted by molar-refractivity contribution is 8.13. The van der Waals surface area contributed by atoms with Gasteiger partial charge in [0, 0.05) is 5.56 Å². The first-order valence-corrected chi connectivity index (χ1v) is 5.96. The predicted octanol–water partition coefficient (Wildman–Crippen LogP) is 2.72. The summed E-state index contributed by atoms with van der Waals surface area (Å²) in [4.78, 5) is 23.6. The van der Waals surface area contributed by atoms with Crippen LogP contribution in [0.1, 0.15) is 10.4 Å². The summed E-state index contributed by atoms with van der Waals surface area (Å²) in [6.07, 6.45) is 3.07. The van der Waals surface area contributed by atoms with Crippen LogP contribution in [-0.4, -0.2) is 17.2 Å². The van der Waals surface area contributed by atoms with Crippen molar-refractivity contribution in [3.63, 3.8) is 0 Å². The Labute approximate surface area is 99.1 Å². The molecule has 0 aromatic heterocycles. The Balaban J connectivity index is 3.01. The van der Waals surface area contributed by atoms with Gasteiger partial charge in [-0.2, -0.15) is 0 Å². The Hall–Kier alpha value is -1.57. The molecule has 0 aliphatic rings. The van der Waals surface area contributed by atoms with Crippen LogP contribution in [0.2, 0.25) is 0 Å². The van der Waals surface area contributed by atoms with Crippen molar-refractivity contribution >= 4 is 22.7 Å². The maximum absolute atomic E-state index is 12.0. The van der Waals surface area contributed by atoms with E-state index in [2.05, 4.69) is 12.3 Å². The van der Waals surface area contributed by atoms with E-state index in [0.717, 1.165) is 11.8 Å². The Morgan fingerprint density at radius 1 is 1.38 bits per heavy atom. The van der Waals surface area contributed by atoms with Crippen LogP contribution in [0.5, 0.6) is 0 Å². The fourth-order valence-electron chi connectivity index (χ4n) is 1.28. The monoisotopic (exact) mass is 232 g/mol. The van der Waals surface area contributed by atoms with Gasteiger partial charge in [0.25, 0.3) is 0 Å². The second-order valence-corrected chi connectivity index (χ2v) is 3.91. The lowest BCUT2D eigenvalue weighted by Crippen LogP contribution is -2.19. The van der Waals surface area contributed by atoms with Gasteiger partial charge in [-0.25, -0.2) is 0 Å². The minimum absolute atomic E-state index is 0.190. The molecule has 0 aliphatic carbocycles. The van der Waals surface area contributed by atoms with E-state index in [9.17, 15) is 9.59 Å². The molecule has 0 radical (unpaired) electrons. The van der Waals surface area contributed by atoms with Crippen LogP contribution >= 0.6 is 11.8 Å². The van der Waals surface area contributed by atoms with Crippen LogP contribution in [0.15, 0.2) is 48.7 Å². The number of ketones is 1. The van der Waals surface area contributed by atoms with E-state index in [1.54, 1.807) is 30.5 Å². The second-order valence-electron chi connectivity index (χ2n) is 3.10. The molecule has 0 spiro atoms. The number of thioether (sulfide) groups is 1. The summed E-state index contributed by atoms with van der Waals surface area (Å²) >= 11 is 1.04. The molecule has 0 saturated heterocycles. The maximum Gasteiger partial charge on any atom is 0.203 e. The van der Waals surface area contributed by atoms with Gasteiger partial charge in [0.1, 0.15) is 5.92 Å². The summed E-state index contributed by atoms with van der Waals surface area (Å²) in [6, 6.07) is 8.75. The number of Topliss-reactive ketones (excluding diaryl/α,β-unsaturated/α-hetero) is 1. The third kappa shape index (κ3) is 2.96. The molecule has 3 heteroatoms. The zero-order chi connectivity index (χ0) is 12.0. The molecule has 0 N–H and O–H groups in total. The number of rotatable bonds is 4. The Morgan fingerprint density at radius 3 is 2.50 bits per heavy atom. The van der Waals surface area contributed by atoms with Crippen LogP contribution in [-0.2, 0) is 4.79 Å². The van der Waals surface area contributed by atoms with Crippen molar-refractivity contribution in [2.75, 3.05) is 6.26 Å². The number of carbonyl (C=O) groups is 2. The molecule has 82 valence electrons. The lowest BCUT2D eigenvalue weighted by atomic mass is 9.99. The van der Waals surface area contributed by atoms with Gasteiger partial charge in [-0.05, 0) is 12.3 Å². The van der Waals surface area contributed by atoms with E-state index in [4.69, 9.17) is 0 Å². The highest BCUT2D eigenvalue weighted by atomic mass is 32.2. The lowest BCUT2D eigenvalue weighted by Gasteiger charge is -2.07. The zero-order valence-electron chi connectivity index (χ0n) is 8.97. The Bertz CT molecular complexity index is 431. The molecule has 0 bridgehead atoms. The first-order chi connectivity index (χ1) is 7.70. The molecule has 1 rings (SSSR count). The van der Waals surface area contributed by atoms with Crippen molar-refractivity contribution in [1.82, 2.24) is 0 Å². The fraction of sp³-hybridized carbons (Fsp3) is 0.154. The Kier molecular flexibility index (Phi) is 4.77. The molecule has 0 fully saturated rings. The van der Waals surface area contributed by atoms with E-state index in [1.165, 1.54) is 6.08 Å². The van der Waals surface area contributed by atoms with Crippen molar-refractivity contribution in [1.29, 1.82) is 0 Å². The normalized spacial score (nSPS) is 11.3. The van der Waals surface area contributed by atoms with E-state index in [0.29, 0.717) is 5.56 Å². The summed E-state index contributed by atoms with van der Waals surface area (Å²) in [5.74, 6) is -0.994. The van der Waals surface area contributed by atoms with Crippen molar-refractivity contribution in [3.8, 4) is 0 Å². The summed E-state index contributed by atoms with van der Waals surface area (Å²) in [6.45, 7) is 3.40. The second kappa shape index (κ2) is 6.11. The predicted molar refractivity (Wildman–Crippen MR) is 66.5 cm³/mol. The number of carbonyl (C=O) groups excluding carboxylic acids is 2. The molecular formula is C13H12O2S. The van der Waals surface area contributed by atoms with Crippen molar-refractivity contribution in [3.05, 3.63) is 54.3 Å². The lowest BCUT2D eigenvalue weighted by molar-refractivity contribution is -0.112. The first kappa shape index (κ1) is 12.5. The molecule has 0 amide bonds. The molecule has 1 aromatic rings. The van der Waals surface area contributed by atoms with Gasteiger partial charge in [0.2, 0.25) is 5.12 Å².